The maximum absolute atomic E-state index is 12.0. The highest BCUT2D eigenvalue weighted by Crippen LogP contribution is 2.51. The fourth-order valence-electron chi connectivity index (χ4n) is 3.21. The number of carbonyl (C=O) groups is 2. The van der Waals surface area contributed by atoms with E-state index in [0.29, 0.717) is 6.61 Å². The summed E-state index contributed by atoms with van der Waals surface area (Å²) in [6.07, 6.45) is 0.945. The lowest BCUT2D eigenvalue weighted by atomic mass is 9.90. The summed E-state index contributed by atoms with van der Waals surface area (Å²) in [4.78, 5) is 24.9. The van der Waals surface area contributed by atoms with Gasteiger partial charge in [-0.1, -0.05) is 0 Å². The molecule has 3 saturated heterocycles. The Balaban J connectivity index is 1.83. The summed E-state index contributed by atoms with van der Waals surface area (Å²) >= 11 is 1.47. The van der Waals surface area contributed by atoms with Gasteiger partial charge >= 0.3 is 5.97 Å². The first-order valence-electron chi connectivity index (χ1n) is 6.52. The molecule has 19 heavy (non-hydrogen) atoms. The van der Waals surface area contributed by atoms with Gasteiger partial charge < -0.3 is 19.8 Å². The third kappa shape index (κ3) is 1.86. The largest absolute Gasteiger partial charge is 0.480 e. The Hall–Kier alpha value is -0.790. The van der Waals surface area contributed by atoms with E-state index >= 15 is 0 Å². The highest BCUT2D eigenvalue weighted by Gasteiger charge is 2.63. The Bertz CT molecular complexity index is 409. The molecule has 3 aliphatic rings. The quantitative estimate of drug-likeness (QED) is 0.705. The van der Waals surface area contributed by atoms with Crippen LogP contribution in [0.3, 0.4) is 0 Å². The van der Waals surface area contributed by atoms with Crippen molar-refractivity contribution >= 4 is 23.6 Å². The van der Waals surface area contributed by atoms with Crippen LogP contribution in [0.25, 0.3) is 0 Å². The Labute approximate surface area is 115 Å². The van der Waals surface area contributed by atoms with Crippen molar-refractivity contribution in [1.29, 1.82) is 0 Å². The molecule has 2 N–H and O–H groups in total. The molecular weight excluding hydrogens is 270 g/mol. The minimum Gasteiger partial charge on any atom is -0.480 e. The topological polar surface area (TPSA) is 87.1 Å². The number of carbonyl (C=O) groups excluding carboxylic acids is 1. The van der Waals surface area contributed by atoms with Crippen molar-refractivity contribution in [3.05, 3.63) is 0 Å². The molecule has 0 radical (unpaired) electrons. The number of aliphatic carboxylic acids is 1. The van der Waals surface area contributed by atoms with Crippen molar-refractivity contribution in [3.63, 3.8) is 0 Å². The molecule has 0 aromatic heterocycles. The van der Waals surface area contributed by atoms with Gasteiger partial charge in [0.25, 0.3) is 0 Å². The lowest BCUT2D eigenvalue weighted by molar-refractivity contribution is -0.168. The molecule has 3 aliphatic heterocycles. The maximum Gasteiger partial charge on any atom is 0.327 e. The molecule has 7 heteroatoms. The molecule has 4 unspecified atom stereocenters. The van der Waals surface area contributed by atoms with E-state index in [2.05, 4.69) is 0 Å². The van der Waals surface area contributed by atoms with Crippen molar-refractivity contribution < 1.29 is 24.5 Å². The number of fused-ring (bicyclic) bond motifs is 1. The summed E-state index contributed by atoms with van der Waals surface area (Å²) < 4.78 is 5.59. The fourth-order valence-corrected chi connectivity index (χ4v) is 5.19. The predicted octanol–water partition coefficient (Wildman–Crippen LogP) is -0.101. The number of ether oxygens (including phenoxy) is 1. The average molecular weight is 287 g/mol. The number of β-lactam (4-membered cyclic amide) rings is 1. The predicted molar refractivity (Wildman–Crippen MR) is 67.6 cm³/mol. The van der Waals surface area contributed by atoms with Gasteiger partial charge in [-0.3, -0.25) is 4.79 Å². The monoisotopic (exact) mass is 287 g/mol. The number of carboxylic acids is 1. The van der Waals surface area contributed by atoms with E-state index < -0.39 is 24.0 Å². The number of amides is 1. The summed E-state index contributed by atoms with van der Waals surface area (Å²) in [5.74, 6) is -1.70. The zero-order valence-electron chi connectivity index (χ0n) is 10.6. The highest BCUT2D eigenvalue weighted by atomic mass is 32.2. The van der Waals surface area contributed by atoms with Gasteiger partial charge in [0, 0.05) is 6.61 Å². The van der Waals surface area contributed by atoms with Crippen LogP contribution < -0.4 is 0 Å². The number of hydrogen-bond donors (Lipinski definition) is 2. The van der Waals surface area contributed by atoms with Gasteiger partial charge in [-0.25, -0.2) is 4.79 Å². The van der Waals surface area contributed by atoms with Crippen LogP contribution in [0.2, 0.25) is 0 Å². The first-order chi connectivity index (χ1) is 9.02. The minimum atomic E-state index is -0.979. The average Bonchev–Trinajstić information content (AvgIpc) is 2.92. The molecule has 0 aromatic carbocycles. The molecule has 106 valence electrons. The molecular formula is C12H17NO5S. The van der Waals surface area contributed by atoms with E-state index in [-0.39, 0.29) is 22.6 Å². The molecule has 3 rings (SSSR count). The van der Waals surface area contributed by atoms with E-state index in [1.54, 1.807) is 6.92 Å². The summed E-state index contributed by atoms with van der Waals surface area (Å²) in [5.41, 5.74) is 0. The van der Waals surface area contributed by atoms with Gasteiger partial charge in [0.2, 0.25) is 5.91 Å². The number of nitrogens with zero attached hydrogens (tertiary/aromatic N) is 1. The van der Waals surface area contributed by atoms with E-state index in [1.807, 2.05) is 0 Å². The van der Waals surface area contributed by atoms with Crippen molar-refractivity contribution in [2.24, 2.45) is 5.92 Å². The molecule has 0 aromatic rings. The zero-order valence-corrected chi connectivity index (χ0v) is 11.4. The van der Waals surface area contributed by atoms with E-state index in [1.165, 1.54) is 16.7 Å². The summed E-state index contributed by atoms with van der Waals surface area (Å²) in [5, 5.41) is 18.6. The summed E-state index contributed by atoms with van der Waals surface area (Å²) in [6.45, 7) is 2.24. The van der Waals surface area contributed by atoms with Crippen LogP contribution in [-0.4, -0.2) is 62.5 Å². The van der Waals surface area contributed by atoms with Crippen LogP contribution in [0.15, 0.2) is 0 Å². The van der Waals surface area contributed by atoms with Crippen LogP contribution in [0, 0.1) is 5.92 Å². The smallest absolute Gasteiger partial charge is 0.327 e. The van der Waals surface area contributed by atoms with Crippen molar-refractivity contribution in [1.82, 2.24) is 4.90 Å². The van der Waals surface area contributed by atoms with Gasteiger partial charge in [0.05, 0.1) is 28.7 Å². The number of hydrogen-bond acceptors (Lipinski definition) is 5. The Kier molecular flexibility index (Phi) is 3.23. The van der Waals surface area contributed by atoms with Gasteiger partial charge in [-0.15, -0.1) is 11.8 Å². The number of thioether (sulfide) groups is 1. The third-order valence-electron chi connectivity index (χ3n) is 4.13. The van der Waals surface area contributed by atoms with E-state index in [9.17, 15) is 19.8 Å². The first-order valence-corrected chi connectivity index (χ1v) is 7.46. The molecule has 6 atom stereocenters. The second-order valence-electron chi connectivity index (χ2n) is 5.34. The second kappa shape index (κ2) is 4.64. The Morgan fingerprint density at radius 2 is 2.32 bits per heavy atom. The Morgan fingerprint density at radius 1 is 1.58 bits per heavy atom. The highest BCUT2D eigenvalue weighted by molar-refractivity contribution is 8.01. The fraction of sp³-hybridized carbons (Fsp3) is 0.833. The van der Waals surface area contributed by atoms with Gasteiger partial charge in [-0.05, 0) is 19.8 Å². The first kappa shape index (κ1) is 13.2. The number of aliphatic hydroxyl groups is 1. The molecule has 3 heterocycles. The molecule has 0 bridgehead atoms. The van der Waals surface area contributed by atoms with Gasteiger partial charge in [-0.2, -0.15) is 0 Å². The normalized spacial score (nSPS) is 42.9. The molecule has 0 aliphatic carbocycles. The molecule has 0 spiro atoms. The molecule has 3 fully saturated rings. The maximum atomic E-state index is 12.0. The number of carboxylic acid groups (broad SMARTS) is 1. The molecule has 6 nitrogen and oxygen atoms in total. The minimum absolute atomic E-state index is 0.0980. The van der Waals surface area contributed by atoms with Crippen LogP contribution in [0.4, 0.5) is 0 Å². The van der Waals surface area contributed by atoms with Crippen LogP contribution in [0.1, 0.15) is 19.8 Å². The SMILES string of the molecule is C[C@@H](O)[C@H]1C(=O)N2C(C(=O)O)C(C3CCCO3)SC12. The van der Waals surface area contributed by atoms with Crippen molar-refractivity contribution in [2.75, 3.05) is 6.61 Å². The van der Waals surface area contributed by atoms with E-state index in [4.69, 9.17) is 4.74 Å². The van der Waals surface area contributed by atoms with Gasteiger partial charge in [0.1, 0.15) is 6.04 Å². The van der Waals surface area contributed by atoms with Crippen LogP contribution >= 0.6 is 11.8 Å². The third-order valence-corrected chi connectivity index (χ3v) is 5.81. The van der Waals surface area contributed by atoms with E-state index in [0.717, 1.165) is 12.8 Å². The lowest BCUT2D eigenvalue weighted by Crippen LogP contribution is -2.64. The molecule has 0 saturated carbocycles. The standard InChI is InChI=1S/C12H17NO5S/c1-5(14)7-10(15)13-8(12(16)17)9(19-11(7)13)6-3-2-4-18-6/h5-9,11,14H,2-4H2,1H3,(H,16,17)/t5-,6?,7+,8?,9?,11?/m1/s1. The number of rotatable bonds is 3. The van der Waals surface area contributed by atoms with Crippen LogP contribution in [-0.2, 0) is 14.3 Å². The van der Waals surface area contributed by atoms with Crippen molar-refractivity contribution in [2.45, 2.75) is 48.6 Å². The number of aliphatic hydroxyl groups excluding tert-OH is 1. The van der Waals surface area contributed by atoms with Crippen LogP contribution in [0.5, 0.6) is 0 Å². The molecule has 1 amide bonds. The van der Waals surface area contributed by atoms with Gasteiger partial charge in [0.15, 0.2) is 0 Å². The summed E-state index contributed by atoms with van der Waals surface area (Å²) in [7, 11) is 0. The summed E-state index contributed by atoms with van der Waals surface area (Å²) in [6, 6.07) is -0.819. The Morgan fingerprint density at radius 3 is 2.84 bits per heavy atom. The second-order valence-corrected chi connectivity index (χ2v) is 6.64. The zero-order chi connectivity index (χ0) is 13.7. The lowest BCUT2D eigenvalue weighted by Gasteiger charge is -2.44. The van der Waals surface area contributed by atoms with Crippen molar-refractivity contribution in [3.8, 4) is 0 Å².